The minimum Gasteiger partial charge on any atom is -0.478 e. The second-order valence-electron chi connectivity index (χ2n) is 5.82. The van der Waals surface area contributed by atoms with Crippen molar-refractivity contribution in [1.29, 1.82) is 0 Å². The number of hydrogen-bond donors (Lipinski definition) is 2. The third kappa shape index (κ3) is 3.60. The highest BCUT2D eigenvalue weighted by molar-refractivity contribution is 5.89. The maximum Gasteiger partial charge on any atom is 0.418 e. The van der Waals surface area contributed by atoms with Crippen molar-refractivity contribution in [3.8, 4) is 12.3 Å². The lowest BCUT2D eigenvalue weighted by Crippen LogP contribution is -2.49. The van der Waals surface area contributed by atoms with Gasteiger partial charge in [0.05, 0.1) is 5.56 Å². The molecule has 1 rings (SSSR count). The summed E-state index contributed by atoms with van der Waals surface area (Å²) in [5.41, 5.74) is -4.20. The maximum absolute atomic E-state index is 13.1. The number of alkyl halides is 3. The number of carboxylic acids is 1. The highest BCUT2D eigenvalue weighted by Crippen LogP contribution is 2.43. The number of carbonyl (C=O) groups is 1. The number of aromatic carboxylic acids is 1. The van der Waals surface area contributed by atoms with E-state index < -0.39 is 36.0 Å². The Balaban J connectivity index is 3.31. The molecule has 3 nitrogen and oxygen atoms in total. The SMILES string of the molecule is C#CCC(O)(CC(C)(C)c1ccccc1C(=O)O)C(F)(F)F. The van der Waals surface area contributed by atoms with E-state index in [0.717, 1.165) is 0 Å². The van der Waals surface area contributed by atoms with Crippen molar-refractivity contribution in [1.82, 2.24) is 0 Å². The van der Waals surface area contributed by atoms with Gasteiger partial charge in [-0.1, -0.05) is 32.0 Å². The van der Waals surface area contributed by atoms with E-state index in [1.165, 1.54) is 38.1 Å². The minimum atomic E-state index is -4.91. The first-order chi connectivity index (χ1) is 9.94. The molecular formula is C16H17F3O3. The van der Waals surface area contributed by atoms with Gasteiger partial charge in [-0.2, -0.15) is 13.2 Å². The van der Waals surface area contributed by atoms with Crippen LogP contribution in [0.25, 0.3) is 0 Å². The van der Waals surface area contributed by atoms with E-state index in [9.17, 15) is 28.2 Å². The van der Waals surface area contributed by atoms with E-state index in [2.05, 4.69) is 0 Å². The average Bonchev–Trinajstić information content (AvgIpc) is 2.37. The maximum atomic E-state index is 13.1. The molecule has 6 heteroatoms. The average molecular weight is 314 g/mol. The third-order valence-corrected chi connectivity index (χ3v) is 3.54. The molecule has 1 unspecified atom stereocenters. The Kier molecular flexibility index (Phi) is 4.93. The minimum absolute atomic E-state index is 0.0993. The number of aliphatic hydroxyl groups is 1. The molecule has 2 N–H and O–H groups in total. The van der Waals surface area contributed by atoms with Gasteiger partial charge in [-0.15, -0.1) is 12.3 Å². The number of carboxylic acid groups (broad SMARTS) is 1. The fraction of sp³-hybridized carbons (Fsp3) is 0.438. The number of hydrogen-bond acceptors (Lipinski definition) is 2. The van der Waals surface area contributed by atoms with Gasteiger partial charge >= 0.3 is 12.1 Å². The Bertz CT molecular complexity index is 599. The fourth-order valence-electron chi connectivity index (χ4n) is 2.52. The van der Waals surface area contributed by atoms with Crippen LogP contribution in [0.5, 0.6) is 0 Å². The van der Waals surface area contributed by atoms with Crippen molar-refractivity contribution in [3.63, 3.8) is 0 Å². The molecule has 22 heavy (non-hydrogen) atoms. The summed E-state index contributed by atoms with van der Waals surface area (Å²) in [6, 6.07) is 5.78. The largest absolute Gasteiger partial charge is 0.478 e. The van der Waals surface area contributed by atoms with Crippen molar-refractivity contribution in [2.45, 2.75) is 43.9 Å². The highest BCUT2D eigenvalue weighted by atomic mass is 19.4. The summed E-state index contributed by atoms with van der Waals surface area (Å²) in [7, 11) is 0. The van der Waals surface area contributed by atoms with Gasteiger partial charge in [0.25, 0.3) is 0 Å². The first-order valence-corrected chi connectivity index (χ1v) is 6.50. The number of benzene rings is 1. The number of terminal acetylenes is 1. The zero-order chi connectivity index (χ0) is 17.2. The quantitative estimate of drug-likeness (QED) is 0.819. The summed E-state index contributed by atoms with van der Waals surface area (Å²) in [6.07, 6.45) is -1.60. The van der Waals surface area contributed by atoms with Crippen molar-refractivity contribution < 1.29 is 28.2 Å². The zero-order valence-electron chi connectivity index (χ0n) is 12.2. The molecule has 0 saturated carbocycles. The lowest BCUT2D eigenvalue weighted by Gasteiger charge is -2.37. The molecule has 0 aliphatic rings. The molecule has 0 saturated heterocycles. The Labute approximate surface area is 126 Å². The summed E-state index contributed by atoms with van der Waals surface area (Å²) >= 11 is 0. The van der Waals surface area contributed by atoms with Crippen LogP contribution in [0, 0.1) is 12.3 Å². The third-order valence-electron chi connectivity index (χ3n) is 3.54. The summed E-state index contributed by atoms with van der Waals surface area (Å²) in [5, 5.41) is 19.1. The molecule has 0 fully saturated rings. The van der Waals surface area contributed by atoms with Gasteiger partial charge in [-0.05, 0) is 23.5 Å². The predicted octanol–water partition coefficient (Wildman–Crippen LogP) is 3.37. The van der Waals surface area contributed by atoms with E-state index in [-0.39, 0.29) is 11.1 Å². The molecule has 0 aliphatic carbocycles. The van der Waals surface area contributed by atoms with Crippen LogP contribution in [-0.4, -0.2) is 28.0 Å². The standard InChI is InChI=1S/C16H17F3O3/c1-4-9-15(22,16(17,18)19)10-14(2,3)12-8-6-5-7-11(12)13(20)21/h1,5-8,22H,9-10H2,2-3H3,(H,20,21). The lowest BCUT2D eigenvalue weighted by molar-refractivity contribution is -0.264. The first kappa shape index (κ1) is 18.1. The van der Waals surface area contributed by atoms with Crippen LogP contribution in [0.1, 0.15) is 42.6 Å². The Morgan fingerprint density at radius 2 is 1.82 bits per heavy atom. The first-order valence-electron chi connectivity index (χ1n) is 6.50. The molecule has 0 radical (unpaired) electrons. The van der Waals surface area contributed by atoms with Crippen LogP contribution >= 0.6 is 0 Å². The van der Waals surface area contributed by atoms with E-state index in [1.54, 1.807) is 0 Å². The molecule has 0 aromatic heterocycles. The Morgan fingerprint density at radius 1 is 1.27 bits per heavy atom. The van der Waals surface area contributed by atoms with E-state index >= 15 is 0 Å². The van der Waals surface area contributed by atoms with E-state index in [1.807, 2.05) is 5.92 Å². The van der Waals surface area contributed by atoms with Gasteiger partial charge < -0.3 is 10.2 Å². The number of halogens is 3. The van der Waals surface area contributed by atoms with E-state index in [4.69, 9.17) is 6.42 Å². The van der Waals surface area contributed by atoms with Gasteiger partial charge in [-0.3, -0.25) is 0 Å². The van der Waals surface area contributed by atoms with Crippen molar-refractivity contribution in [2.24, 2.45) is 0 Å². The van der Waals surface area contributed by atoms with Gasteiger partial charge in [0.1, 0.15) is 0 Å². The van der Waals surface area contributed by atoms with Crippen LogP contribution in [0.15, 0.2) is 24.3 Å². The van der Waals surface area contributed by atoms with Crippen molar-refractivity contribution in [3.05, 3.63) is 35.4 Å². The molecule has 0 spiro atoms. The van der Waals surface area contributed by atoms with Gasteiger partial charge in [0.2, 0.25) is 0 Å². The molecule has 0 amide bonds. The second kappa shape index (κ2) is 6.01. The summed E-state index contributed by atoms with van der Waals surface area (Å²) < 4.78 is 39.4. The van der Waals surface area contributed by atoms with Crippen LogP contribution in [0.3, 0.4) is 0 Å². The van der Waals surface area contributed by atoms with Gasteiger partial charge in [0.15, 0.2) is 5.60 Å². The smallest absolute Gasteiger partial charge is 0.418 e. The highest BCUT2D eigenvalue weighted by Gasteiger charge is 2.55. The molecule has 0 aliphatic heterocycles. The molecule has 1 atom stereocenters. The van der Waals surface area contributed by atoms with Crippen LogP contribution < -0.4 is 0 Å². The summed E-state index contributed by atoms with van der Waals surface area (Å²) in [5.74, 6) is 0.600. The topological polar surface area (TPSA) is 57.5 Å². The monoisotopic (exact) mass is 314 g/mol. The normalized spacial score (nSPS) is 15.0. The molecule has 0 heterocycles. The fourth-order valence-corrected chi connectivity index (χ4v) is 2.52. The molecule has 0 bridgehead atoms. The van der Waals surface area contributed by atoms with Crippen LogP contribution in [0.4, 0.5) is 13.2 Å². The second-order valence-corrected chi connectivity index (χ2v) is 5.82. The summed E-state index contributed by atoms with van der Waals surface area (Å²) in [6.45, 7) is 2.89. The van der Waals surface area contributed by atoms with Crippen molar-refractivity contribution >= 4 is 5.97 Å². The zero-order valence-corrected chi connectivity index (χ0v) is 12.2. The predicted molar refractivity (Wildman–Crippen MR) is 75.5 cm³/mol. The van der Waals surface area contributed by atoms with E-state index in [0.29, 0.717) is 0 Å². The lowest BCUT2D eigenvalue weighted by atomic mass is 9.72. The molecule has 120 valence electrons. The Morgan fingerprint density at radius 3 is 2.27 bits per heavy atom. The molecular weight excluding hydrogens is 297 g/mol. The molecule has 1 aromatic rings. The Hall–Kier alpha value is -2.00. The number of rotatable bonds is 5. The van der Waals surface area contributed by atoms with Gasteiger partial charge in [0, 0.05) is 6.42 Å². The van der Waals surface area contributed by atoms with Crippen LogP contribution in [-0.2, 0) is 5.41 Å². The van der Waals surface area contributed by atoms with Gasteiger partial charge in [-0.25, -0.2) is 4.79 Å². The van der Waals surface area contributed by atoms with Crippen LogP contribution in [0.2, 0.25) is 0 Å². The summed E-state index contributed by atoms with van der Waals surface area (Å²) in [4.78, 5) is 11.2. The van der Waals surface area contributed by atoms with Crippen molar-refractivity contribution in [2.75, 3.05) is 0 Å². The molecule has 1 aromatic carbocycles.